The molecule has 0 atom stereocenters. The quantitative estimate of drug-likeness (QED) is 0.669. The van der Waals surface area contributed by atoms with Crippen LogP contribution in [-0.2, 0) is 8.26 Å². The molecule has 0 saturated heterocycles. The van der Waals surface area contributed by atoms with E-state index in [0.717, 1.165) is 4.47 Å². The molecule has 0 radical (unpaired) electrons. The highest BCUT2D eigenvalue weighted by Crippen LogP contribution is 2.18. The maximum atomic E-state index is 9.16. The van der Waals surface area contributed by atoms with Gasteiger partial charge in [-0.3, -0.25) is 0 Å². The lowest BCUT2D eigenvalue weighted by molar-refractivity contribution is 0.621. The van der Waals surface area contributed by atoms with Gasteiger partial charge in [0, 0.05) is 25.8 Å². The lowest BCUT2D eigenvalue weighted by atomic mass is 10.1. The number of fused-ring (bicyclic) bond motifs is 1. The van der Waals surface area contributed by atoms with Gasteiger partial charge in [0.1, 0.15) is 0 Å². The SMILES string of the molecule is Brc1ccc2ccccc2c1.O=S(=O)(Cl)Cl. The summed E-state index contributed by atoms with van der Waals surface area (Å²) in [5.74, 6) is 0. The topological polar surface area (TPSA) is 34.1 Å². The molecule has 2 rings (SSSR count). The molecule has 0 heterocycles. The average Bonchev–Trinajstić information content (AvgIpc) is 2.15. The third-order valence-corrected chi connectivity index (χ3v) is 2.20. The lowest BCUT2D eigenvalue weighted by Gasteiger charge is -1.95. The van der Waals surface area contributed by atoms with Crippen molar-refractivity contribution in [3.8, 4) is 0 Å². The Morgan fingerprint density at radius 3 is 2.00 bits per heavy atom. The van der Waals surface area contributed by atoms with Crippen molar-refractivity contribution in [2.45, 2.75) is 0 Å². The third kappa shape index (κ3) is 5.70. The first-order valence-electron chi connectivity index (χ1n) is 4.15. The average molecular weight is 342 g/mol. The van der Waals surface area contributed by atoms with Crippen LogP contribution < -0.4 is 0 Å². The van der Waals surface area contributed by atoms with Gasteiger partial charge in [-0.1, -0.05) is 46.3 Å². The number of hydrogen-bond acceptors (Lipinski definition) is 2. The van der Waals surface area contributed by atoms with Crippen molar-refractivity contribution in [3.63, 3.8) is 0 Å². The van der Waals surface area contributed by atoms with Crippen LogP contribution in [0.4, 0.5) is 0 Å². The standard InChI is InChI=1S/C10H7Br.Cl2O2S/c11-10-6-5-8-3-1-2-4-9(8)7-10;1-5(2,3)4/h1-7H;. The van der Waals surface area contributed by atoms with Crippen molar-refractivity contribution in [1.82, 2.24) is 0 Å². The Morgan fingerprint density at radius 2 is 1.44 bits per heavy atom. The molecule has 2 aromatic carbocycles. The predicted octanol–water partition coefficient (Wildman–Crippen LogP) is 4.31. The smallest absolute Gasteiger partial charge is 0.195 e. The first-order chi connectivity index (χ1) is 7.36. The summed E-state index contributed by atoms with van der Waals surface area (Å²) in [6, 6.07) is 14.6. The van der Waals surface area contributed by atoms with Crippen molar-refractivity contribution >= 4 is 56.3 Å². The highest BCUT2D eigenvalue weighted by molar-refractivity contribution is 9.10. The molecule has 2 aromatic rings. The van der Waals surface area contributed by atoms with E-state index in [1.54, 1.807) is 0 Å². The molecule has 2 nitrogen and oxygen atoms in total. The molecule has 0 amide bonds. The Morgan fingerprint density at radius 1 is 0.938 bits per heavy atom. The van der Waals surface area contributed by atoms with Gasteiger partial charge in [-0.25, -0.2) is 0 Å². The highest BCUT2D eigenvalue weighted by Gasteiger charge is 1.90. The van der Waals surface area contributed by atoms with E-state index in [2.05, 4.69) is 79.8 Å². The molecular formula is C10H7BrCl2O2S. The summed E-state index contributed by atoms with van der Waals surface area (Å²) in [6.07, 6.45) is 0. The van der Waals surface area contributed by atoms with Gasteiger partial charge in [0.2, 0.25) is 0 Å². The predicted molar refractivity (Wildman–Crippen MR) is 72.3 cm³/mol. The summed E-state index contributed by atoms with van der Waals surface area (Å²) in [4.78, 5) is 0. The Kier molecular flexibility index (Phi) is 5.05. The number of benzene rings is 2. The molecule has 0 N–H and O–H groups in total. The van der Waals surface area contributed by atoms with E-state index >= 15 is 0 Å². The molecule has 0 unspecified atom stereocenters. The maximum absolute atomic E-state index is 9.16. The second kappa shape index (κ2) is 5.87. The van der Waals surface area contributed by atoms with Crippen LogP contribution in [0.3, 0.4) is 0 Å². The molecule has 0 fully saturated rings. The van der Waals surface area contributed by atoms with Crippen LogP contribution in [0.15, 0.2) is 46.9 Å². The Bertz CT molecular complexity index is 576. The van der Waals surface area contributed by atoms with E-state index in [9.17, 15) is 0 Å². The van der Waals surface area contributed by atoms with Crippen LogP contribution in [0, 0.1) is 0 Å². The number of rotatable bonds is 0. The number of halogens is 3. The second-order valence-corrected chi connectivity index (χ2v) is 7.45. The molecule has 86 valence electrons. The maximum Gasteiger partial charge on any atom is 0.317 e. The second-order valence-electron chi connectivity index (χ2n) is 2.87. The minimum absolute atomic E-state index is 1.14. The zero-order valence-corrected chi connectivity index (χ0v) is 11.8. The van der Waals surface area contributed by atoms with E-state index in [1.165, 1.54) is 10.8 Å². The fourth-order valence-corrected chi connectivity index (χ4v) is 1.54. The fraction of sp³-hybridized carbons (Fsp3) is 0. The van der Waals surface area contributed by atoms with Gasteiger partial charge in [-0.2, -0.15) is 8.42 Å². The lowest BCUT2D eigenvalue weighted by Crippen LogP contribution is -1.69. The van der Waals surface area contributed by atoms with Crippen LogP contribution in [0.2, 0.25) is 0 Å². The molecule has 16 heavy (non-hydrogen) atoms. The molecule has 6 heteroatoms. The molecule has 0 aliphatic carbocycles. The fourth-order valence-electron chi connectivity index (χ4n) is 1.16. The molecule has 0 aliphatic rings. The summed E-state index contributed by atoms with van der Waals surface area (Å²) in [5.41, 5.74) is 0. The Labute approximate surface area is 111 Å². The van der Waals surface area contributed by atoms with Crippen molar-refractivity contribution in [2.75, 3.05) is 0 Å². The third-order valence-electron chi connectivity index (χ3n) is 1.71. The van der Waals surface area contributed by atoms with Gasteiger partial charge in [0.05, 0.1) is 0 Å². The van der Waals surface area contributed by atoms with Gasteiger partial charge < -0.3 is 0 Å². The van der Waals surface area contributed by atoms with Crippen molar-refractivity contribution in [3.05, 3.63) is 46.9 Å². The first kappa shape index (κ1) is 13.8. The summed E-state index contributed by atoms with van der Waals surface area (Å²) >= 11 is 3.43. The Hall–Kier alpha value is -0.290. The zero-order chi connectivity index (χ0) is 12.2. The van der Waals surface area contributed by atoms with Gasteiger partial charge in [-0.15, -0.1) is 0 Å². The van der Waals surface area contributed by atoms with E-state index in [4.69, 9.17) is 8.42 Å². The van der Waals surface area contributed by atoms with Gasteiger partial charge >= 0.3 is 8.26 Å². The van der Waals surface area contributed by atoms with Crippen LogP contribution >= 0.6 is 37.3 Å². The summed E-state index contributed by atoms with van der Waals surface area (Å²) < 4.78 is 19.5. The van der Waals surface area contributed by atoms with E-state index in [1.807, 2.05) is 0 Å². The van der Waals surface area contributed by atoms with Crippen molar-refractivity contribution in [2.24, 2.45) is 0 Å². The van der Waals surface area contributed by atoms with Crippen LogP contribution in [0.1, 0.15) is 0 Å². The molecule has 0 spiro atoms. The van der Waals surface area contributed by atoms with Gasteiger partial charge in [0.15, 0.2) is 0 Å². The van der Waals surface area contributed by atoms with E-state index in [-0.39, 0.29) is 0 Å². The molecule has 0 bridgehead atoms. The Balaban J connectivity index is 0.000000221. The highest BCUT2D eigenvalue weighted by atomic mass is 79.9. The molecule has 0 saturated carbocycles. The summed E-state index contributed by atoms with van der Waals surface area (Å²) in [5, 5.41) is 2.57. The normalized spacial score (nSPS) is 10.7. The molecule has 0 aromatic heterocycles. The summed E-state index contributed by atoms with van der Waals surface area (Å²) in [6.45, 7) is 0. The minimum Gasteiger partial charge on any atom is -0.195 e. The van der Waals surface area contributed by atoms with Gasteiger partial charge in [0.25, 0.3) is 0 Å². The van der Waals surface area contributed by atoms with Crippen molar-refractivity contribution < 1.29 is 8.42 Å². The monoisotopic (exact) mass is 340 g/mol. The van der Waals surface area contributed by atoms with Crippen LogP contribution in [0.25, 0.3) is 10.8 Å². The van der Waals surface area contributed by atoms with Crippen LogP contribution in [0.5, 0.6) is 0 Å². The zero-order valence-electron chi connectivity index (χ0n) is 7.90. The van der Waals surface area contributed by atoms with E-state index < -0.39 is 8.26 Å². The van der Waals surface area contributed by atoms with Gasteiger partial charge in [-0.05, 0) is 22.9 Å². The van der Waals surface area contributed by atoms with Crippen LogP contribution in [-0.4, -0.2) is 8.42 Å². The minimum atomic E-state index is -3.72. The summed E-state index contributed by atoms with van der Waals surface area (Å²) in [7, 11) is 4.81. The van der Waals surface area contributed by atoms with E-state index in [0.29, 0.717) is 0 Å². The molecule has 0 aliphatic heterocycles. The first-order valence-corrected chi connectivity index (χ1v) is 8.07. The molecular weight excluding hydrogens is 335 g/mol. The largest absolute Gasteiger partial charge is 0.317 e. The number of hydrogen-bond donors (Lipinski definition) is 0. The van der Waals surface area contributed by atoms with Crippen molar-refractivity contribution in [1.29, 1.82) is 0 Å².